The second kappa shape index (κ2) is 4.68. The summed E-state index contributed by atoms with van der Waals surface area (Å²) in [5.41, 5.74) is 3.34. The summed E-state index contributed by atoms with van der Waals surface area (Å²) in [4.78, 5) is 12.0. The highest BCUT2D eigenvalue weighted by Crippen LogP contribution is 2.28. The van der Waals surface area contributed by atoms with Crippen molar-refractivity contribution in [2.75, 3.05) is 0 Å². The summed E-state index contributed by atoms with van der Waals surface area (Å²) in [5, 5.41) is 4.26. The van der Waals surface area contributed by atoms with E-state index in [2.05, 4.69) is 29.6 Å². The van der Waals surface area contributed by atoms with Gasteiger partial charge in [-0.2, -0.15) is 5.10 Å². The van der Waals surface area contributed by atoms with Crippen molar-refractivity contribution in [2.24, 2.45) is 0 Å². The maximum Gasteiger partial charge on any atom is 0.164 e. The zero-order valence-electron chi connectivity index (χ0n) is 11.5. The van der Waals surface area contributed by atoms with Crippen LogP contribution in [0.1, 0.15) is 47.6 Å². The zero-order chi connectivity index (χ0) is 13.4. The molecule has 3 rings (SSSR count). The van der Waals surface area contributed by atoms with E-state index in [-0.39, 0.29) is 0 Å². The number of aromatic nitrogens is 3. The molecule has 1 unspecified atom stereocenters. The molecule has 4 nitrogen and oxygen atoms in total. The summed E-state index contributed by atoms with van der Waals surface area (Å²) < 4.78 is 4.26. The van der Waals surface area contributed by atoms with Crippen LogP contribution in [0.2, 0.25) is 0 Å². The first-order valence-electron chi connectivity index (χ1n) is 6.88. The zero-order valence-corrected chi connectivity index (χ0v) is 11.5. The summed E-state index contributed by atoms with van der Waals surface area (Å²) in [7, 11) is 0. The molecule has 2 heterocycles. The molecule has 0 saturated carbocycles. The molecule has 0 saturated heterocycles. The lowest BCUT2D eigenvalue weighted by Gasteiger charge is -2.22. The molecular formula is C15H19N3O. The molecule has 19 heavy (non-hydrogen) atoms. The normalized spacial score (nSPS) is 16.4. The number of hydrogen-bond donors (Lipinski definition) is 0. The van der Waals surface area contributed by atoms with Gasteiger partial charge < -0.3 is 4.57 Å². The van der Waals surface area contributed by atoms with Gasteiger partial charge in [0, 0.05) is 35.8 Å². The van der Waals surface area contributed by atoms with Crippen LogP contribution in [-0.4, -0.2) is 20.1 Å². The Bertz CT molecular complexity index is 595. The second-order valence-corrected chi connectivity index (χ2v) is 5.37. The number of carbonyl (C=O) groups is 1. The van der Waals surface area contributed by atoms with E-state index in [0.717, 1.165) is 24.9 Å². The fraction of sp³-hybridized carbons (Fsp3) is 0.467. The summed E-state index contributed by atoms with van der Waals surface area (Å²) in [6.07, 6.45) is 6.47. The summed E-state index contributed by atoms with van der Waals surface area (Å²) in [5.74, 6) is 0.300. The molecule has 2 aromatic heterocycles. The number of rotatable bonds is 3. The average Bonchev–Trinajstić information content (AvgIpc) is 2.96. The lowest BCUT2D eigenvalue weighted by Crippen LogP contribution is -2.19. The third-order valence-electron chi connectivity index (χ3n) is 3.90. The van der Waals surface area contributed by atoms with Gasteiger partial charge in [0.2, 0.25) is 0 Å². The summed E-state index contributed by atoms with van der Waals surface area (Å²) in [6, 6.07) is 4.31. The smallest absolute Gasteiger partial charge is 0.164 e. The van der Waals surface area contributed by atoms with Gasteiger partial charge in [-0.3, -0.25) is 9.48 Å². The topological polar surface area (TPSA) is 39.8 Å². The van der Waals surface area contributed by atoms with Crippen molar-refractivity contribution in [1.29, 1.82) is 0 Å². The predicted molar refractivity (Wildman–Crippen MR) is 73.4 cm³/mol. The highest BCUT2D eigenvalue weighted by Gasteiger charge is 2.24. The first-order valence-corrected chi connectivity index (χ1v) is 6.88. The molecule has 0 radical (unpaired) electrons. The van der Waals surface area contributed by atoms with Gasteiger partial charge >= 0.3 is 0 Å². The van der Waals surface area contributed by atoms with Crippen molar-refractivity contribution in [3.05, 3.63) is 41.5 Å². The molecule has 0 aliphatic heterocycles. The van der Waals surface area contributed by atoms with Crippen LogP contribution >= 0.6 is 0 Å². The predicted octanol–water partition coefficient (Wildman–Crippen LogP) is 2.77. The molecule has 0 bridgehead atoms. The number of ketones is 1. The Morgan fingerprint density at radius 1 is 1.42 bits per heavy atom. The molecule has 100 valence electrons. The average molecular weight is 257 g/mol. The SMILES string of the molecule is Cc1cc2c(n1C(C)Cn1cccn1)CCCC2=O. The Kier molecular flexibility index (Phi) is 3.01. The molecule has 1 atom stereocenters. The van der Waals surface area contributed by atoms with E-state index in [1.165, 1.54) is 11.4 Å². The Balaban J connectivity index is 1.94. The number of fused-ring (bicyclic) bond motifs is 1. The standard InChI is InChI=1S/C15H19N3O/c1-11-9-13-14(5-3-6-15(13)19)18(11)12(2)10-17-8-4-7-16-17/h4,7-9,12H,3,5-6,10H2,1-2H3. The minimum atomic E-state index is 0.300. The van der Waals surface area contributed by atoms with Crippen molar-refractivity contribution in [3.63, 3.8) is 0 Å². The molecule has 1 aliphatic rings. The molecule has 0 aromatic carbocycles. The molecular weight excluding hydrogens is 238 g/mol. The van der Waals surface area contributed by atoms with Gasteiger partial charge in [0.25, 0.3) is 0 Å². The molecule has 4 heteroatoms. The first kappa shape index (κ1) is 12.2. The Hall–Kier alpha value is -1.84. The van der Waals surface area contributed by atoms with Crippen molar-refractivity contribution >= 4 is 5.78 Å². The van der Waals surface area contributed by atoms with E-state index < -0.39 is 0 Å². The van der Waals surface area contributed by atoms with Crippen LogP contribution < -0.4 is 0 Å². The van der Waals surface area contributed by atoms with E-state index in [1.54, 1.807) is 6.20 Å². The maximum atomic E-state index is 12.0. The minimum absolute atomic E-state index is 0.300. The Morgan fingerprint density at radius 2 is 2.26 bits per heavy atom. The van der Waals surface area contributed by atoms with E-state index in [1.807, 2.05) is 16.9 Å². The van der Waals surface area contributed by atoms with Gasteiger partial charge in [0.1, 0.15) is 0 Å². The van der Waals surface area contributed by atoms with Crippen molar-refractivity contribution < 1.29 is 4.79 Å². The van der Waals surface area contributed by atoms with Crippen LogP contribution in [0.5, 0.6) is 0 Å². The number of hydrogen-bond acceptors (Lipinski definition) is 2. The van der Waals surface area contributed by atoms with Crippen molar-refractivity contribution in [2.45, 2.75) is 45.7 Å². The van der Waals surface area contributed by atoms with Crippen LogP contribution in [0, 0.1) is 6.92 Å². The van der Waals surface area contributed by atoms with Gasteiger partial charge in [-0.25, -0.2) is 0 Å². The lowest BCUT2D eigenvalue weighted by molar-refractivity contribution is 0.0971. The fourth-order valence-electron chi connectivity index (χ4n) is 3.13. The summed E-state index contributed by atoms with van der Waals surface area (Å²) in [6.45, 7) is 5.11. The largest absolute Gasteiger partial charge is 0.344 e. The Labute approximate surface area is 113 Å². The van der Waals surface area contributed by atoms with E-state index >= 15 is 0 Å². The molecule has 0 fully saturated rings. The highest BCUT2D eigenvalue weighted by molar-refractivity contribution is 5.98. The van der Waals surface area contributed by atoms with Gasteiger partial charge in [-0.1, -0.05) is 0 Å². The number of nitrogens with zero attached hydrogens (tertiary/aromatic N) is 3. The number of carbonyl (C=O) groups excluding carboxylic acids is 1. The Morgan fingerprint density at radius 3 is 3.00 bits per heavy atom. The molecule has 0 spiro atoms. The van der Waals surface area contributed by atoms with Gasteiger partial charge in [0.05, 0.1) is 12.6 Å². The third kappa shape index (κ3) is 2.11. The van der Waals surface area contributed by atoms with E-state index in [9.17, 15) is 4.79 Å². The highest BCUT2D eigenvalue weighted by atomic mass is 16.1. The molecule has 0 N–H and O–H groups in total. The van der Waals surface area contributed by atoms with Gasteiger partial charge in [0.15, 0.2) is 5.78 Å². The first-order chi connectivity index (χ1) is 9.16. The van der Waals surface area contributed by atoms with Crippen molar-refractivity contribution in [1.82, 2.24) is 14.3 Å². The monoisotopic (exact) mass is 257 g/mol. The minimum Gasteiger partial charge on any atom is -0.344 e. The van der Waals surface area contributed by atoms with Crippen LogP contribution in [0.4, 0.5) is 0 Å². The maximum absolute atomic E-state index is 12.0. The third-order valence-corrected chi connectivity index (χ3v) is 3.90. The van der Waals surface area contributed by atoms with Gasteiger partial charge in [-0.05, 0) is 38.8 Å². The molecule has 1 aliphatic carbocycles. The molecule has 0 amide bonds. The number of aryl methyl sites for hydroxylation is 1. The second-order valence-electron chi connectivity index (χ2n) is 5.37. The number of Topliss-reactive ketones (excluding diaryl/α,β-unsaturated/α-hetero) is 1. The summed E-state index contributed by atoms with van der Waals surface area (Å²) >= 11 is 0. The van der Waals surface area contributed by atoms with Crippen LogP contribution in [0.15, 0.2) is 24.5 Å². The van der Waals surface area contributed by atoms with Crippen LogP contribution in [0.3, 0.4) is 0 Å². The van der Waals surface area contributed by atoms with E-state index in [0.29, 0.717) is 18.2 Å². The lowest BCUT2D eigenvalue weighted by atomic mass is 9.96. The molecule has 2 aromatic rings. The fourth-order valence-corrected chi connectivity index (χ4v) is 3.13. The van der Waals surface area contributed by atoms with Gasteiger partial charge in [-0.15, -0.1) is 0 Å². The quantitative estimate of drug-likeness (QED) is 0.848. The van der Waals surface area contributed by atoms with Crippen molar-refractivity contribution in [3.8, 4) is 0 Å². The van der Waals surface area contributed by atoms with Crippen LogP contribution in [0.25, 0.3) is 0 Å². The van der Waals surface area contributed by atoms with Crippen LogP contribution in [-0.2, 0) is 13.0 Å². The van der Waals surface area contributed by atoms with E-state index in [4.69, 9.17) is 0 Å².